The third-order valence-corrected chi connectivity index (χ3v) is 2.01. The third-order valence-electron chi connectivity index (χ3n) is 2.01. The molecular formula is C12H12N4O2. The van der Waals surface area contributed by atoms with Gasteiger partial charge in [0, 0.05) is 31.5 Å². The molecule has 0 bridgehead atoms. The van der Waals surface area contributed by atoms with E-state index < -0.39 is 17.3 Å². The van der Waals surface area contributed by atoms with Crippen LogP contribution in [0.15, 0.2) is 29.5 Å². The first kappa shape index (κ1) is 13.6. The molecule has 0 aromatic carbocycles. The van der Waals surface area contributed by atoms with Gasteiger partial charge in [-0.15, -0.1) is 0 Å². The Morgan fingerprint density at radius 1 is 1.33 bits per heavy atom. The van der Waals surface area contributed by atoms with E-state index in [-0.39, 0.29) is 12.8 Å². The highest BCUT2D eigenvalue weighted by molar-refractivity contribution is 6.66. The number of pyridine rings is 1. The molecule has 0 saturated carbocycles. The van der Waals surface area contributed by atoms with E-state index in [4.69, 9.17) is 10.8 Å². The number of Topliss-reactive ketones (excluding diaryl/α,β-unsaturated/α-hetero) is 2. The van der Waals surface area contributed by atoms with Gasteiger partial charge in [0.05, 0.1) is 11.9 Å². The lowest BCUT2D eigenvalue weighted by Gasteiger charge is -1.96. The Hall–Kier alpha value is -2.50. The molecule has 1 aromatic heterocycles. The number of nitrogens with zero attached hydrogens (tertiary/aromatic N) is 2. The summed E-state index contributed by atoms with van der Waals surface area (Å²) in [4.78, 5) is 30.4. The number of aromatic nitrogens is 1. The Balaban J connectivity index is 2.51. The van der Waals surface area contributed by atoms with Crippen LogP contribution in [0.1, 0.15) is 12.8 Å². The summed E-state index contributed by atoms with van der Waals surface area (Å²) in [6.45, 7) is 0. The second-order valence-corrected chi connectivity index (χ2v) is 3.36. The van der Waals surface area contributed by atoms with Gasteiger partial charge in [-0.2, -0.15) is 0 Å². The molecule has 1 heterocycles. The fourth-order valence-electron chi connectivity index (χ4n) is 1.12. The Labute approximate surface area is 104 Å². The van der Waals surface area contributed by atoms with Gasteiger partial charge in [-0.3, -0.25) is 25.0 Å². The predicted molar refractivity (Wildman–Crippen MR) is 68.1 cm³/mol. The average molecular weight is 244 g/mol. The number of rotatable bonds is 7. The normalized spacial score (nSPS) is 10.2. The standard InChI is InChI=1S/C12H12N4O2/c13-5-3-10(17)12(14)11(18)4-7-16-9-2-1-6-15-8-9/h1-2,5-8,13-14H,3-4H2. The molecular weight excluding hydrogens is 232 g/mol. The Morgan fingerprint density at radius 2 is 2.06 bits per heavy atom. The summed E-state index contributed by atoms with van der Waals surface area (Å²) in [5, 5.41) is 14.0. The van der Waals surface area contributed by atoms with Crippen LogP contribution in [-0.4, -0.2) is 34.7 Å². The van der Waals surface area contributed by atoms with E-state index in [2.05, 4.69) is 9.98 Å². The van der Waals surface area contributed by atoms with Gasteiger partial charge in [0.25, 0.3) is 0 Å². The fraction of sp³-hybridized carbons (Fsp3) is 0.167. The van der Waals surface area contributed by atoms with Gasteiger partial charge in [-0.05, 0) is 12.1 Å². The van der Waals surface area contributed by atoms with E-state index in [9.17, 15) is 9.59 Å². The lowest BCUT2D eigenvalue weighted by molar-refractivity contribution is -0.115. The molecule has 92 valence electrons. The minimum Gasteiger partial charge on any atom is -0.313 e. The summed E-state index contributed by atoms with van der Waals surface area (Å²) < 4.78 is 0. The molecule has 6 nitrogen and oxygen atoms in total. The molecule has 0 aliphatic carbocycles. The Bertz CT molecular complexity index is 494. The molecule has 0 unspecified atom stereocenters. The Kier molecular flexibility index (Phi) is 5.24. The second kappa shape index (κ2) is 6.95. The molecule has 6 heteroatoms. The predicted octanol–water partition coefficient (Wildman–Crippen LogP) is 1.37. The van der Waals surface area contributed by atoms with Gasteiger partial charge in [-0.1, -0.05) is 0 Å². The second-order valence-electron chi connectivity index (χ2n) is 3.36. The van der Waals surface area contributed by atoms with E-state index in [1.54, 1.807) is 18.3 Å². The van der Waals surface area contributed by atoms with Crippen molar-refractivity contribution in [1.82, 2.24) is 4.98 Å². The largest absolute Gasteiger partial charge is 0.313 e. The van der Waals surface area contributed by atoms with E-state index in [1.807, 2.05) is 0 Å². The van der Waals surface area contributed by atoms with Crippen molar-refractivity contribution in [3.8, 4) is 0 Å². The summed E-state index contributed by atoms with van der Waals surface area (Å²) in [6, 6.07) is 3.43. The van der Waals surface area contributed by atoms with Crippen molar-refractivity contribution in [2.75, 3.05) is 0 Å². The maximum atomic E-state index is 11.4. The SMILES string of the molecule is N=CCC(=O)C(=N)C(=O)CC=Nc1cccnc1. The zero-order valence-electron chi connectivity index (χ0n) is 9.59. The van der Waals surface area contributed by atoms with Gasteiger partial charge in [-0.25, -0.2) is 0 Å². The minimum absolute atomic E-state index is 0.114. The molecule has 0 spiro atoms. The molecule has 0 atom stereocenters. The van der Waals surface area contributed by atoms with Crippen LogP contribution in [0.5, 0.6) is 0 Å². The van der Waals surface area contributed by atoms with Gasteiger partial charge in [0.15, 0.2) is 11.6 Å². The van der Waals surface area contributed by atoms with Gasteiger partial charge in [0.1, 0.15) is 5.71 Å². The number of aliphatic imine (C=N–C) groups is 1. The third kappa shape index (κ3) is 4.17. The number of hydrogen-bond acceptors (Lipinski definition) is 6. The number of carbonyl (C=O) groups is 2. The van der Waals surface area contributed by atoms with Crippen molar-refractivity contribution in [2.45, 2.75) is 12.8 Å². The molecule has 1 aromatic rings. The van der Waals surface area contributed by atoms with Crippen molar-refractivity contribution >= 4 is 35.4 Å². The fourth-order valence-corrected chi connectivity index (χ4v) is 1.12. The lowest BCUT2D eigenvalue weighted by atomic mass is 10.1. The first-order valence-electron chi connectivity index (χ1n) is 5.21. The molecule has 1 rings (SSSR count). The van der Waals surface area contributed by atoms with Crippen LogP contribution < -0.4 is 0 Å². The molecule has 2 N–H and O–H groups in total. The summed E-state index contributed by atoms with van der Waals surface area (Å²) in [5.41, 5.74) is 0.0128. The molecule has 0 aliphatic heterocycles. The molecule has 0 fully saturated rings. The van der Waals surface area contributed by atoms with Crippen molar-refractivity contribution in [1.29, 1.82) is 10.8 Å². The molecule has 0 amide bonds. The van der Waals surface area contributed by atoms with Crippen LogP contribution in [-0.2, 0) is 9.59 Å². The van der Waals surface area contributed by atoms with Crippen LogP contribution >= 0.6 is 0 Å². The topological polar surface area (TPSA) is 107 Å². The van der Waals surface area contributed by atoms with Crippen molar-refractivity contribution < 1.29 is 9.59 Å². The maximum Gasteiger partial charge on any atom is 0.189 e. The number of nitrogens with one attached hydrogen (secondary N) is 2. The number of hydrogen-bond donors (Lipinski definition) is 2. The van der Waals surface area contributed by atoms with Crippen LogP contribution in [0.25, 0.3) is 0 Å². The van der Waals surface area contributed by atoms with Crippen LogP contribution in [0.2, 0.25) is 0 Å². The zero-order chi connectivity index (χ0) is 13.4. The molecule has 18 heavy (non-hydrogen) atoms. The first-order valence-corrected chi connectivity index (χ1v) is 5.21. The summed E-state index contributed by atoms with van der Waals surface area (Å²) in [7, 11) is 0. The smallest absolute Gasteiger partial charge is 0.189 e. The van der Waals surface area contributed by atoms with E-state index in [0.717, 1.165) is 6.21 Å². The van der Waals surface area contributed by atoms with Crippen LogP contribution in [0.3, 0.4) is 0 Å². The highest BCUT2D eigenvalue weighted by Crippen LogP contribution is 2.06. The monoisotopic (exact) mass is 244 g/mol. The molecule has 0 aliphatic rings. The van der Waals surface area contributed by atoms with Gasteiger partial charge >= 0.3 is 0 Å². The molecule has 0 saturated heterocycles. The summed E-state index contributed by atoms with van der Waals surface area (Å²) >= 11 is 0. The van der Waals surface area contributed by atoms with Gasteiger partial charge < -0.3 is 5.41 Å². The van der Waals surface area contributed by atoms with Gasteiger partial charge in [0.2, 0.25) is 0 Å². The van der Waals surface area contributed by atoms with E-state index in [0.29, 0.717) is 5.69 Å². The number of carbonyl (C=O) groups excluding carboxylic acids is 2. The van der Waals surface area contributed by atoms with Crippen molar-refractivity contribution in [3.05, 3.63) is 24.5 Å². The lowest BCUT2D eigenvalue weighted by Crippen LogP contribution is -2.23. The van der Waals surface area contributed by atoms with Crippen LogP contribution in [0, 0.1) is 10.8 Å². The highest BCUT2D eigenvalue weighted by atomic mass is 16.1. The van der Waals surface area contributed by atoms with Crippen molar-refractivity contribution in [3.63, 3.8) is 0 Å². The molecule has 0 radical (unpaired) electrons. The summed E-state index contributed by atoms with van der Waals surface area (Å²) in [6.07, 6.45) is 5.02. The first-order chi connectivity index (χ1) is 8.65. The maximum absolute atomic E-state index is 11.4. The van der Waals surface area contributed by atoms with Crippen molar-refractivity contribution in [2.24, 2.45) is 4.99 Å². The van der Waals surface area contributed by atoms with E-state index in [1.165, 1.54) is 12.4 Å². The average Bonchev–Trinajstić information content (AvgIpc) is 2.39. The minimum atomic E-state index is -0.648. The van der Waals surface area contributed by atoms with Crippen LogP contribution in [0.4, 0.5) is 5.69 Å². The van der Waals surface area contributed by atoms with E-state index >= 15 is 0 Å². The Morgan fingerprint density at radius 3 is 2.67 bits per heavy atom. The number of ketones is 2. The zero-order valence-corrected chi connectivity index (χ0v) is 9.59. The quantitative estimate of drug-likeness (QED) is 0.558. The highest BCUT2D eigenvalue weighted by Gasteiger charge is 2.15. The summed E-state index contributed by atoms with van der Waals surface area (Å²) in [5.74, 6) is -1.25.